The first kappa shape index (κ1) is 17.9. The zero-order valence-corrected chi connectivity index (χ0v) is 15.8. The van der Waals surface area contributed by atoms with Gasteiger partial charge < -0.3 is 5.32 Å². The van der Waals surface area contributed by atoms with Gasteiger partial charge in [0.25, 0.3) is 5.91 Å². The fraction of sp³-hybridized carbons (Fsp3) is 0.136. The lowest BCUT2D eigenvalue weighted by Crippen LogP contribution is -2.14. The number of nitrogens with one attached hydrogen (secondary N) is 1. The molecular formula is C22H19FN4O. The van der Waals surface area contributed by atoms with Crippen molar-refractivity contribution in [3.63, 3.8) is 0 Å². The quantitative estimate of drug-likeness (QED) is 0.564. The van der Waals surface area contributed by atoms with Gasteiger partial charge in [-0.3, -0.25) is 4.79 Å². The molecule has 0 saturated heterocycles. The molecular weight excluding hydrogens is 355 g/mol. The van der Waals surface area contributed by atoms with E-state index in [-0.39, 0.29) is 5.69 Å². The molecule has 2 aromatic carbocycles. The summed E-state index contributed by atoms with van der Waals surface area (Å²) in [6, 6.07) is 15.9. The Hall–Kier alpha value is -3.54. The van der Waals surface area contributed by atoms with Gasteiger partial charge in [-0.05, 0) is 56.7 Å². The number of nitrogens with zero attached hydrogens (tertiary/aromatic N) is 3. The second kappa shape index (κ2) is 6.88. The van der Waals surface area contributed by atoms with Crippen LogP contribution in [0.2, 0.25) is 0 Å². The highest BCUT2D eigenvalue weighted by atomic mass is 19.1. The molecule has 1 N–H and O–H groups in total. The normalized spacial score (nSPS) is 11.0. The molecule has 0 spiro atoms. The molecule has 0 radical (unpaired) electrons. The number of pyridine rings is 1. The average molecular weight is 374 g/mol. The summed E-state index contributed by atoms with van der Waals surface area (Å²) < 4.78 is 15.8. The third kappa shape index (κ3) is 3.13. The van der Waals surface area contributed by atoms with Crippen molar-refractivity contribution in [2.24, 2.45) is 0 Å². The molecule has 0 aliphatic carbocycles. The number of hydrogen-bond donors (Lipinski definition) is 1. The average Bonchev–Trinajstić information content (AvgIpc) is 3.01. The summed E-state index contributed by atoms with van der Waals surface area (Å²) in [5.74, 6) is -0.867. The second-order valence-corrected chi connectivity index (χ2v) is 6.78. The van der Waals surface area contributed by atoms with Crippen LogP contribution in [0.5, 0.6) is 0 Å². The van der Waals surface area contributed by atoms with Gasteiger partial charge in [0.15, 0.2) is 5.65 Å². The van der Waals surface area contributed by atoms with E-state index in [1.54, 1.807) is 22.9 Å². The van der Waals surface area contributed by atoms with E-state index in [1.165, 1.54) is 6.07 Å². The van der Waals surface area contributed by atoms with Crippen LogP contribution in [0.4, 0.5) is 10.1 Å². The van der Waals surface area contributed by atoms with Gasteiger partial charge in [-0.15, -0.1) is 0 Å². The highest BCUT2D eigenvalue weighted by molar-refractivity contribution is 6.12. The van der Waals surface area contributed by atoms with Gasteiger partial charge in [0.05, 0.1) is 28.0 Å². The Kier molecular flexibility index (Phi) is 4.39. The van der Waals surface area contributed by atoms with Gasteiger partial charge in [-0.2, -0.15) is 5.10 Å². The van der Waals surface area contributed by atoms with Crippen LogP contribution in [0.1, 0.15) is 27.3 Å². The van der Waals surface area contributed by atoms with Crippen LogP contribution in [0.15, 0.2) is 54.6 Å². The first-order chi connectivity index (χ1) is 13.4. The molecule has 0 saturated carbocycles. The van der Waals surface area contributed by atoms with E-state index in [4.69, 9.17) is 0 Å². The number of amides is 1. The van der Waals surface area contributed by atoms with Gasteiger partial charge in [0.2, 0.25) is 0 Å². The summed E-state index contributed by atoms with van der Waals surface area (Å²) in [7, 11) is 0. The van der Waals surface area contributed by atoms with Crippen molar-refractivity contribution in [1.29, 1.82) is 0 Å². The lowest BCUT2D eigenvalue weighted by molar-refractivity contribution is 0.102. The third-order valence-corrected chi connectivity index (χ3v) is 4.56. The van der Waals surface area contributed by atoms with Crippen molar-refractivity contribution < 1.29 is 9.18 Å². The van der Waals surface area contributed by atoms with E-state index in [0.29, 0.717) is 28.0 Å². The number of anilines is 1. The SMILES string of the molecule is Cc1ccc(F)c(NC(=O)c2cc(C)nc3c2c(C)nn3-c2ccccc2)c1. The molecule has 0 aliphatic heterocycles. The summed E-state index contributed by atoms with van der Waals surface area (Å²) in [6.45, 7) is 5.50. The minimum atomic E-state index is -0.474. The Bertz CT molecular complexity index is 1200. The number of carbonyl (C=O) groups excluding carboxylic acids is 1. The molecule has 4 aromatic rings. The van der Waals surface area contributed by atoms with Gasteiger partial charge >= 0.3 is 0 Å². The number of aryl methyl sites for hydroxylation is 3. The van der Waals surface area contributed by atoms with Crippen molar-refractivity contribution >= 4 is 22.6 Å². The molecule has 2 aromatic heterocycles. The van der Waals surface area contributed by atoms with Crippen LogP contribution in [-0.2, 0) is 0 Å². The fourth-order valence-corrected chi connectivity index (χ4v) is 3.27. The minimum absolute atomic E-state index is 0.153. The molecule has 0 aliphatic rings. The van der Waals surface area contributed by atoms with Crippen LogP contribution in [0, 0.1) is 26.6 Å². The molecule has 0 fully saturated rings. The standard InChI is InChI=1S/C22H19FN4O/c1-13-9-10-18(23)19(11-13)25-22(28)17-12-14(2)24-21-20(17)15(3)26-27(21)16-7-5-4-6-8-16/h4-12H,1-3H3,(H,25,28). The van der Waals surface area contributed by atoms with Gasteiger partial charge in [-0.1, -0.05) is 24.3 Å². The first-order valence-corrected chi connectivity index (χ1v) is 8.94. The number of aromatic nitrogens is 3. The van der Waals surface area contributed by atoms with Crippen molar-refractivity contribution in [1.82, 2.24) is 14.8 Å². The van der Waals surface area contributed by atoms with Crippen molar-refractivity contribution in [3.8, 4) is 5.69 Å². The summed E-state index contributed by atoms with van der Waals surface area (Å²) in [5, 5.41) is 7.92. The summed E-state index contributed by atoms with van der Waals surface area (Å²) in [5.41, 5.74) is 4.25. The van der Waals surface area contributed by atoms with E-state index in [2.05, 4.69) is 15.4 Å². The lowest BCUT2D eigenvalue weighted by Gasteiger charge is -2.10. The molecule has 5 nitrogen and oxygen atoms in total. The van der Waals surface area contributed by atoms with Crippen molar-refractivity contribution in [2.75, 3.05) is 5.32 Å². The zero-order chi connectivity index (χ0) is 19.8. The van der Waals surface area contributed by atoms with E-state index >= 15 is 0 Å². The van der Waals surface area contributed by atoms with Crippen LogP contribution in [-0.4, -0.2) is 20.7 Å². The minimum Gasteiger partial charge on any atom is -0.319 e. The van der Waals surface area contributed by atoms with E-state index < -0.39 is 11.7 Å². The second-order valence-electron chi connectivity index (χ2n) is 6.78. The monoisotopic (exact) mass is 374 g/mol. The number of fused-ring (bicyclic) bond motifs is 1. The van der Waals surface area contributed by atoms with Crippen LogP contribution in [0.25, 0.3) is 16.7 Å². The van der Waals surface area contributed by atoms with E-state index in [0.717, 1.165) is 11.3 Å². The largest absolute Gasteiger partial charge is 0.319 e. The maximum Gasteiger partial charge on any atom is 0.256 e. The van der Waals surface area contributed by atoms with Crippen molar-refractivity contribution in [3.05, 3.63) is 82.9 Å². The summed E-state index contributed by atoms with van der Waals surface area (Å²) >= 11 is 0. The molecule has 140 valence electrons. The Labute approximate surface area is 161 Å². The third-order valence-electron chi connectivity index (χ3n) is 4.56. The number of rotatable bonds is 3. The smallest absolute Gasteiger partial charge is 0.256 e. The number of benzene rings is 2. The fourth-order valence-electron chi connectivity index (χ4n) is 3.27. The molecule has 0 atom stereocenters. The summed E-state index contributed by atoms with van der Waals surface area (Å²) in [4.78, 5) is 17.6. The topological polar surface area (TPSA) is 59.8 Å². The Morgan fingerprint density at radius 2 is 1.79 bits per heavy atom. The molecule has 28 heavy (non-hydrogen) atoms. The zero-order valence-electron chi connectivity index (χ0n) is 15.8. The molecule has 4 rings (SSSR count). The van der Waals surface area contributed by atoms with Crippen LogP contribution < -0.4 is 5.32 Å². The lowest BCUT2D eigenvalue weighted by atomic mass is 10.1. The first-order valence-electron chi connectivity index (χ1n) is 8.94. The number of hydrogen-bond acceptors (Lipinski definition) is 3. The van der Waals surface area contributed by atoms with E-state index in [1.807, 2.05) is 51.1 Å². The maximum atomic E-state index is 14.1. The molecule has 2 heterocycles. The van der Waals surface area contributed by atoms with Gasteiger partial charge in [-0.25, -0.2) is 14.1 Å². The Morgan fingerprint density at radius 1 is 1.04 bits per heavy atom. The van der Waals surface area contributed by atoms with E-state index in [9.17, 15) is 9.18 Å². The molecule has 0 bridgehead atoms. The summed E-state index contributed by atoms with van der Waals surface area (Å²) in [6.07, 6.45) is 0. The maximum absolute atomic E-state index is 14.1. The molecule has 1 amide bonds. The molecule has 0 unspecified atom stereocenters. The number of halogens is 1. The van der Waals surface area contributed by atoms with Gasteiger partial charge in [0, 0.05) is 5.69 Å². The van der Waals surface area contributed by atoms with Crippen LogP contribution in [0.3, 0.4) is 0 Å². The Morgan fingerprint density at radius 3 is 2.54 bits per heavy atom. The highest BCUT2D eigenvalue weighted by Crippen LogP contribution is 2.26. The van der Waals surface area contributed by atoms with Gasteiger partial charge in [0.1, 0.15) is 5.82 Å². The molecule has 6 heteroatoms. The van der Waals surface area contributed by atoms with Crippen LogP contribution >= 0.6 is 0 Å². The Balaban J connectivity index is 1.84. The number of carbonyl (C=O) groups is 1. The predicted molar refractivity (Wildman–Crippen MR) is 107 cm³/mol. The van der Waals surface area contributed by atoms with Crippen molar-refractivity contribution in [2.45, 2.75) is 20.8 Å². The number of para-hydroxylation sites is 1. The predicted octanol–water partition coefficient (Wildman–Crippen LogP) is 4.74. The highest BCUT2D eigenvalue weighted by Gasteiger charge is 2.20.